The monoisotopic (exact) mass is 305 g/mol. The molecule has 0 aromatic heterocycles. The van der Waals surface area contributed by atoms with E-state index in [1.54, 1.807) is 0 Å². The molecule has 0 bridgehead atoms. The lowest BCUT2D eigenvalue weighted by molar-refractivity contribution is -0.132. The van der Waals surface area contributed by atoms with E-state index in [0.29, 0.717) is 25.3 Å². The van der Waals surface area contributed by atoms with E-state index in [-0.39, 0.29) is 24.2 Å². The minimum Gasteiger partial charge on any atom is -0.343 e. The van der Waals surface area contributed by atoms with Gasteiger partial charge in [0.1, 0.15) is 0 Å². The summed E-state index contributed by atoms with van der Waals surface area (Å²) in [5, 5.41) is 3.26. The first-order chi connectivity index (χ1) is 9.10. The SMILES string of the molecule is CCN(CC)C(=O)CCCC(=O)N(C)C1CCNC1.Cl. The van der Waals surface area contributed by atoms with Crippen molar-refractivity contribution in [3.05, 3.63) is 0 Å². The van der Waals surface area contributed by atoms with Gasteiger partial charge in [-0.1, -0.05) is 0 Å². The molecule has 5 nitrogen and oxygen atoms in total. The van der Waals surface area contributed by atoms with Crippen molar-refractivity contribution in [3.8, 4) is 0 Å². The van der Waals surface area contributed by atoms with Crippen LogP contribution in [0.4, 0.5) is 0 Å². The number of halogens is 1. The van der Waals surface area contributed by atoms with Crippen molar-refractivity contribution in [1.29, 1.82) is 0 Å². The lowest BCUT2D eigenvalue weighted by atomic mass is 10.1. The number of nitrogens with one attached hydrogen (secondary N) is 1. The topological polar surface area (TPSA) is 52.7 Å². The smallest absolute Gasteiger partial charge is 0.222 e. The number of carbonyl (C=O) groups is 2. The Morgan fingerprint density at radius 3 is 2.25 bits per heavy atom. The molecule has 0 aliphatic carbocycles. The minimum absolute atomic E-state index is 0. The van der Waals surface area contributed by atoms with Crippen LogP contribution >= 0.6 is 12.4 Å². The summed E-state index contributed by atoms with van der Waals surface area (Å²) in [4.78, 5) is 27.4. The normalized spacial score (nSPS) is 17.4. The molecule has 0 radical (unpaired) electrons. The summed E-state index contributed by atoms with van der Waals surface area (Å²) < 4.78 is 0. The lowest BCUT2D eigenvalue weighted by Crippen LogP contribution is -2.38. The molecule has 1 atom stereocenters. The van der Waals surface area contributed by atoms with Gasteiger partial charge < -0.3 is 15.1 Å². The Kier molecular flexibility index (Phi) is 9.59. The summed E-state index contributed by atoms with van der Waals surface area (Å²) in [7, 11) is 1.87. The molecule has 6 heteroatoms. The fraction of sp³-hybridized carbons (Fsp3) is 0.857. The van der Waals surface area contributed by atoms with Crippen LogP contribution in [0.1, 0.15) is 39.5 Å². The van der Waals surface area contributed by atoms with Crippen molar-refractivity contribution >= 4 is 24.2 Å². The number of likely N-dealkylation sites (N-methyl/N-ethyl adjacent to an activating group) is 1. The number of rotatable bonds is 7. The maximum absolute atomic E-state index is 12.0. The minimum atomic E-state index is 0. The highest BCUT2D eigenvalue weighted by Gasteiger charge is 2.22. The number of nitrogens with zero attached hydrogens (tertiary/aromatic N) is 2. The summed E-state index contributed by atoms with van der Waals surface area (Å²) in [5.41, 5.74) is 0. The van der Waals surface area contributed by atoms with Crippen molar-refractivity contribution in [3.63, 3.8) is 0 Å². The number of hydrogen-bond donors (Lipinski definition) is 1. The van der Waals surface area contributed by atoms with Gasteiger partial charge in [-0.05, 0) is 33.2 Å². The van der Waals surface area contributed by atoms with E-state index in [1.807, 2.05) is 30.7 Å². The summed E-state index contributed by atoms with van der Waals surface area (Å²) >= 11 is 0. The molecule has 0 aromatic rings. The molecular weight excluding hydrogens is 278 g/mol. The Morgan fingerprint density at radius 1 is 1.15 bits per heavy atom. The fourth-order valence-corrected chi connectivity index (χ4v) is 2.48. The third-order valence-corrected chi connectivity index (χ3v) is 3.87. The molecule has 0 spiro atoms. The quantitative estimate of drug-likeness (QED) is 0.770. The Morgan fingerprint density at radius 2 is 1.75 bits per heavy atom. The third kappa shape index (κ3) is 5.67. The lowest BCUT2D eigenvalue weighted by Gasteiger charge is -2.24. The summed E-state index contributed by atoms with van der Waals surface area (Å²) in [6, 6.07) is 0.325. The molecule has 0 saturated carbocycles. The van der Waals surface area contributed by atoms with Crippen LogP contribution < -0.4 is 5.32 Å². The largest absolute Gasteiger partial charge is 0.343 e. The molecular formula is C14H28ClN3O2. The van der Waals surface area contributed by atoms with Crippen molar-refractivity contribution in [1.82, 2.24) is 15.1 Å². The highest BCUT2D eigenvalue weighted by molar-refractivity contribution is 5.85. The molecule has 2 amide bonds. The first-order valence-electron chi connectivity index (χ1n) is 7.34. The van der Waals surface area contributed by atoms with Crippen LogP contribution in [0.3, 0.4) is 0 Å². The molecule has 1 fully saturated rings. The first kappa shape index (κ1) is 19.2. The second kappa shape index (κ2) is 10.00. The molecule has 1 rings (SSSR count). The van der Waals surface area contributed by atoms with E-state index < -0.39 is 0 Å². The highest BCUT2D eigenvalue weighted by Crippen LogP contribution is 2.10. The zero-order chi connectivity index (χ0) is 14.3. The van der Waals surface area contributed by atoms with E-state index in [9.17, 15) is 9.59 Å². The average molecular weight is 306 g/mol. The third-order valence-electron chi connectivity index (χ3n) is 3.87. The van der Waals surface area contributed by atoms with E-state index in [2.05, 4.69) is 5.32 Å². The Bertz CT molecular complexity index is 303. The van der Waals surface area contributed by atoms with Gasteiger partial charge in [0.2, 0.25) is 11.8 Å². The Hall–Kier alpha value is -0.810. The second-order valence-electron chi connectivity index (χ2n) is 5.07. The standard InChI is InChI=1S/C14H27N3O2.ClH/c1-4-17(5-2)14(19)8-6-7-13(18)16(3)12-9-10-15-11-12;/h12,15H,4-11H2,1-3H3;1H. The van der Waals surface area contributed by atoms with Gasteiger partial charge in [0, 0.05) is 45.6 Å². The maximum Gasteiger partial charge on any atom is 0.222 e. The Labute approximate surface area is 128 Å². The zero-order valence-electron chi connectivity index (χ0n) is 12.9. The van der Waals surface area contributed by atoms with Crippen molar-refractivity contribution in [2.75, 3.05) is 33.2 Å². The zero-order valence-corrected chi connectivity index (χ0v) is 13.7. The molecule has 1 aliphatic rings. The molecule has 1 N–H and O–H groups in total. The molecule has 1 saturated heterocycles. The molecule has 0 aromatic carbocycles. The first-order valence-corrected chi connectivity index (χ1v) is 7.34. The van der Waals surface area contributed by atoms with E-state index in [1.165, 1.54) is 0 Å². The predicted molar refractivity (Wildman–Crippen MR) is 83.1 cm³/mol. The van der Waals surface area contributed by atoms with Gasteiger partial charge in [0.15, 0.2) is 0 Å². The van der Waals surface area contributed by atoms with Gasteiger partial charge >= 0.3 is 0 Å². The van der Waals surface area contributed by atoms with Crippen LogP contribution in [0, 0.1) is 0 Å². The molecule has 1 unspecified atom stereocenters. The van der Waals surface area contributed by atoms with Crippen LogP contribution in [0.2, 0.25) is 0 Å². The Balaban J connectivity index is 0.00000361. The molecule has 118 valence electrons. The average Bonchev–Trinajstić information content (AvgIpc) is 2.93. The molecule has 1 heterocycles. The fourth-order valence-electron chi connectivity index (χ4n) is 2.48. The summed E-state index contributed by atoms with van der Waals surface area (Å²) in [6.45, 7) is 7.33. The van der Waals surface area contributed by atoms with E-state index >= 15 is 0 Å². The van der Waals surface area contributed by atoms with Crippen LogP contribution in [0.25, 0.3) is 0 Å². The molecule has 20 heavy (non-hydrogen) atoms. The predicted octanol–water partition coefficient (Wildman–Crippen LogP) is 1.27. The highest BCUT2D eigenvalue weighted by atomic mass is 35.5. The van der Waals surface area contributed by atoms with Crippen molar-refractivity contribution in [2.24, 2.45) is 0 Å². The number of hydrogen-bond acceptors (Lipinski definition) is 3. The van der Waals surface area contributed by atoms with Crippen molar-refractivity contribution in [2.45, 2.75) is 45.6 Å². The van der Waals surface area contributed by atoms with E-state index in [0.717, 1.165) is 32.6 Å². The van der Waals surface area contributed by atoms with Gasteiger partial charge in [-0.3, -0.25) is 9.59 Å². The van der Waals surface area contributed by atoms with Crippen LogP contribution in [-0.2, 0) is 9.59 Å². The second-order valence-corrected chi connectivity index (χ2v) is 5.07. The van der Waals surface area contributed by atoms with Crippen molar-refractivity contribution < 1.29 is 9.59 Å². The maximum atomic E-state index is 12.0. The summed E-state index contributed by atoms with van der Waals surface area (Å²) in [6.07, 6.45) is 2.63. The van der Waals surface area contributed by atoms with Crippen LogP contribution in [-0.4, -0.2) is 60.9 Å². The summed E-state index contributed by atoms with van der Waals surface area (Å²) in [5.74, 6) is 0.309. The van der Waals surface area contributed by atoms with Gasteiger partial charge in [0.05, 0.1) is 0 Å². The van der Waals surface area contributed by atoms with Crippen LogP contribution in [0.5, 0.6) is 0 Å². The number of carbonyl (C=O) groups excluding carboxylic acids is 2. The van der Waals surface area contributed by atoms with Gasteiger partial charge in [-0.15, -0.1) is 12.4 Å². The van der Waals surface area contributed by atoms with E-state index in [4.69, 9.17) is 0 Å². The van der Waals surface area contributed by atoms with Gasteiger partial charge in [-0.2, -0.15) is 0 Å². The number of amides is 2. The van der Waals surface area contributed by atoms with Gasteiger partial charge in [-0.25, -0.2) is 0 Å². The molecule has 1 aliphatic heterocycles. The van der Waals surface area contributed by atoms with Gasteiger partial charge in [0.25, 0.3) is 0 Å². The van der Waals surface area contributed by atoms with Crippen LogP contribution in [0.15, 0.2) is 0 Å².